The lowest BCUT2D eigenvalue weighted by atomic mass is 9.83. The van der Waals surface area contributed by atoms with E-state index in [1.165, 1.54) is 19.3 Å². The first-order valence-corrected chi connectivity index (χ1v) is 6.01. The van der Waals surface area contributed by atoms with Crippen LogP contribution in [0.5, 0.6) is 0 Å². The minimum Gasteiger partial charge on any atom is -0.373 e. The van der Waals surface area contributed by atoms with Gasteiger partial charge in [-0.05, 0) is 12.8 Å². The third-order valence-electron chi connectivity index (χ3n) is 3.41. The van der Waals surface area contributed by atoms with Crippen molar-refractivity contribution in [3.63, 3.8) is 0 Å². The summed E-state index contributed by atoms with van der Waals surface area (Å²) in [7, 11) is 1.98. The van der Waals surface area contributed by atoms with E-state index in [4.69, 9.17) is 10.5 Å². The summed E-state index contributed by atoms with van der Waals surface area (Å²) in [4.78, 5) is 4.06. The molecular formula is C12H21N3O. The summed E-state index contributed by atoms with van der Waals surface area (Å²) in [6, 6.07) is 0. The number of nitrogens with zero attached hydrogens (tertiary/aromatic N) is 2. The molecule has 0 aliphatic heterocycles. The third kappa shape index (κ3) is 2.83. The van der Waals surface area contributed by atoms with Gasteiger partial charge in [-0.15, -0.1) is 0 Å². The molecule has 1 aliphatic rings. The number of hydrogen-bond donors (Lipinski definition) is 1. The van der Waals surface area contributed by atoms with Crippen molar-refractivity contribution < 1.29 is 4.74 Å². The van der Waals surface area contributed by atoms with Crippen LogP contribution in [-0.2, 0) is 18.4 Å². The van der Waals surface area contributed by atoms with Crippen molar-refractivity contribution in [1.29, 1.82) is 0 Å². The summed E-state index contributed by atoms with van der Waals surface area (Å²) in [5.74, 6) is 0. The van der Waals surface area contributed by atoms with Crippen LogP contribution in [-0.4, -0.2) is 21.7 Å². The Balaban J connectivity index is 1.77. The molecule has 0 bridgehead atoms. The molecule has 2 N–H and O–H groups in total. The molecule has 4 nitrogen and oxygen atoms in total. The van der Waals surface area contributed by atoms with Gasteiger partial charge in [-0.2, -0.15) is 0 Å². The van der Waals surface area contributed by atoms with Crippen LogP contribution >= 0.6 is 0 Å². The number of hydrogen-bond acceptors (Lipinski definition) is 3. The highest BCUT2D eigenvalue weighted by atomic mass is 16.5. The second kappa shape index (κ2) is 4.97. The van der Waals surface area contributed by atoms with E-state index in [0.29, 0.717) is 13.2 Å². The van der Waals surface area contributed by atoms with Crippen LogP contribution in [0.4, 0.5) is 0 Å². The molecule has 1 aromatic rings. The predicted octanol–water partition coefficient (Wildman–Crippen LogP) is 1.60. The highest BCUT2D eigenvalue weighted by molar-refractivity contribution is 4.95. The summed E-state index contributed by atoms with van der Waals surface area (Å²) >= 11 is 0. The zero-order chi connectivity index (χ0) is 11.4. The molecule has 1 fully saturated rings. The molecule has 0 atom stereocenters. The van der Waals surface area contributed by atoms with Crippen LogP contribution in [0.1, 0.15) is 37.8 Å². The van der Waals surface area contributed by atoms with Gasteiger partial charge >= 0.3 is 0 Å². The molecule has 1 saturated carbocycles. The molecule has 0 radical (unpaired) electrons. The largest absolute Gasteiger partial charge is 0.373 e. The molecule has 0 amide bonds. The number of ether oxygens (including phenoxy) is 1. The van der Waals surface area contributed by atoms with Crippen LogP contribution in [0.25, 0.3) is 0 Å². The summed E-state index contributed by atoms with van der Waals surface area (Å²) in [5.41, 5.74) is 7.30. The lowest BCUT2D eigenvalue weighted by Gasteiger charge is -2.32. The van der Waals surface area contributed by atoms with Crippen LogP contribution in [0.2, 0.25) is 0 Å². The number of imidazole rings is 1. The van der Waals surface area contributed by atoms with Gasteiger partial charge in [-0.1, -0.05) is 19.3 Å². The van der Waals surface area contributed by atoms with Gasteiger partial charge in [0.2, 0.25) is 0 Å². The summed E-state index contributed by atoms with van der Waals surface area (Å²) < 4.78 is 7.69. The predicted molar refractivity (Wildman–Crippen MR) is 62.9 cm³/mol. The van der Waals surface area contributed by atoms with Gasteiger partial charge in [0.15, 0.2) is 0 Å². The van der Waals surface area contributed by atoms with Gasteiger partial charge in [0.05, 0.1) is 31.4 Å². The Hall–Kier alpha value is -0.870. The number of rotatable bonds is 4. The van der Waals surface area contributed by atoms with Gasteiger partial charge < -0.3 is 15.0 Å². The molecule has 1 aliphatic carbocycles. The van der Waals surface area contributed by atoms with Gasteiger partial charge in [0.1, 0.15) is 0 Å². The smallest absolute Gasteiger partial charge is 0.0946 e. The summed E-state index contributed by atoms with van der Waals surface area (Å²) in [6.07, 6.45) is 9.62. The van der Waals surface area contributed by atoms with Crippen molar-refractivity contribution in [3.05, 3.63) is 18.2 Å². The molecular weight excluding hydrogens is 202 g/mol. The fraction of sp³-hybridized carbons (Fsp3) is 0.750. The quantitative estimate of drug-likeness (QED) is 0.843. The molecule has 0 aromatic carbocycles. The van der Waals surface area contributed by atoms with E-state index in [-0.39, 0.29) is 5.54 Å². The first-order valence-electron chi connectivity index (χ1n) is 6.01. The maximum atomic E-state index is 6.29. The fourth-order valence-electron chi connectivity index (χ4n) is 2.28. The van der Waals surface area contributed by atoms with Crippen molar-refractivity contribution in [2.75, 3.05) is 6.61 Å². The van der Waals surface area contributed by atoms with E-state index in [0.717, 1.165) is 18.5 Å². The average Bonchev–Trinajstić information content (AvgIpc) is 2.65. The van der Waals surface area contributed by atoms with Crippen molar-refractivity contribution in [2.45, 2.75) is 44.2 Å². The Labute approximate surface area is 96.8 Å². The summed E-state index contributed by atoms with van der Waals surface area (Å²) in [5, 5.41) is 0. The molecule has 4 heteroatoms. The molecule has 0 saturated heterocycles. The number of aromatic nitrogens is 2. The molecule has 2 rings (SSSR count). The van der Waals surface area contributed by atoms with E-state index in [1.807, 2.05) is 17.8 Å². The normalized spacial score (nSPS) is 19.9. The second-order valence-electron chi connectivity index (χ2n) is 4.91. The molecule has 0 spiro atoms. The zero-order valence-electron chi connectivity index (χ0n) is 9.98. The topological polar surface area (TPSA) is 53.1 Å². The third-order valence-corrected chi connectivity index (χ3v) is 3.41. The van der Waals surface area contributed by atoms with Crippen LogP contribution in [0.15, 0.2) is 12.5 Å². The maximum Gasteiger partial charge on any atom is 0.0946 e. The van der Waals surface area contributed by atoms with Crippen LogP contribution in [0.3, 0.4) is 0 Å². The molecule has 90 valence electrons. The van der Waals surface area contributed by atoms with Crippen LogP contribution in [0, 0.1) is 0 Å². The number of nitrogens with two attached hydrogens (primary N) is 1. The van der Waals surface area contributed by atoms with Crippen molar-refractivity contribution in [2.24, 2.45) is 12.8 Å². The zero-order valence-corrected chi connectivity index (χ0v) is 9.98. The average molecular weight is 223 g/mol. The monoisotopic (exact) mass is 223 g/mol. The van der Waals surface area contributed by atoms with E-state index in [9.17, 15) is 0 Å². The molecule has 16 heavy (non-hydrogen) atoms. The van der Waals surface area contributed by atoms with Gasteiger partial charge in [-0.3, -0.25) is 0 Å². The number of aryl methyl sites for hydroxylation is 1. The SMILES string of the molecule is Cn1cncc1COCC1(N)CCCCC1. The lowest BCUT2D eigenvalue weighted by Crippen LogP contribution is -2.46. The minimum absolute atomic E-state index is 0.0865. The first-order chi connectivity index (χ1) is 7.70. The second-order valence-corrected chi connectivity index (χ2v) is 4.91. The Bertz CT molecular complexity index is 329. The Kier molecular flexibility index (Phi) is 3.61. The molecule has 0 unspecified atom stereocenters. The first kappa shape index (κ1) is 11.6. The van der Waals surface area contributed by atoms with E-state index >= 15 is 0 Å². The Morgan fingerprint density at radius 3 is 2.81 bits per heavy atom. The standard InChI is InChI=1S/C12H21N3O/c1-15-10-14-7-11(15)8-16-9-12(13)5-3-2-4-6-12/h7,10H,2-6,8-9,13H2,1H3. The van der Waals surface area contributed by atoms with Gasteiger partial charge in [0, 0.05) is 12.6 Å². The fourth-order valence-corrected chi connectivity index (χ4v) is 2.28. The van der Waals surface area contributed by atoms with E-state index < -0.39 is 0 Å². The molecule has 1 heterocycles. The highest BCUT2D eigenvalue weighted by Crippen LogP contribution is 2.26. The Morgan fingerprint density at radius 2 is 2.19 bits per heavy atom. The van der Waals surface area contributed by atoms with Gasteiger partial charge in [0.25, 0.3) is 0 Å². The van der Waals surface area contributed by atoms with E-state index in [2.05, 4.69) is 4.98 Å². The van der Waals surface area contributed by atoms with Crippen molar-refractivity contribution >= 4 is 0 Å². The maximum absolute atomic E-state index is 6.29. The van der Waals surface area contributed by atoms with Gasteiger partial charge in [-0.25, -0.2) is 4.98 Å². The van der Waals surface area contributed by atoms with Crippen molar-refractivity contribution in [3.8, 4) is 0 Å². The van der Waals surface area contributed by atoms with Crippen LogP contribution < -0.4 is 5.73 Å². The van der Waals surface area contributed by atoms with Crippen molar-refractivity contribution in [1.82, 2.24) is 9.55 Å². The minimum atomic E-state index is -0.0865. The lowest BCUT2D eigenvalue weighted by molar-refractivity contribution is 0.0547. The highest BCUT2D eigenvalue weighted by Gasteiger charge is 2.27. The Morgan fingerprint density at radius 1 is 1.44 bits per heavy atom. The molecule has 1 aromatic heterocycles. The van der Waals surface area contributed by atoms with E-state index in [1.54, 1.807) is 6.33 Å². The summed E-state index contributed by atoms with van der Waals surface area (Å²) in [6.45, 7) is 1.27.